The Hall–Kier alpha value is -3.11. The van der Waals surface area contributed by atoms with Gasteiger partial charge in [0.25, 0.3) is 5.89 Å². The summed E-state index contributed by atoms with van der Waals surface area (Å²) < 4.78 is 49.2. The molecule has 0 spiro atoms. The van der Waals surface area contributed by atoms with E-state index in [0.29, 0.717) is 6.42 Å². The van der Waals surface area contributed by atoms with Gasteiger partial charge in [0.1, 0.15) is 6.04 Å². The van der Waals surface area contributed by atoms with Crippen LogP contribution in [0.25, 0.3) is 11.5 Å². The van der Waals surface area contributed by atoms with E-state index in [1.165, 1.54) is 12.1 Å². The van der Waals surface area contributed by atoms with Gasteiger partial charge in [-0.05, 0) is 30.7 Å². The first kappa shape index (κ1) is 25.2. The lowest BCUT2D eigenvalue weighted by Crippen LogP contribution is -2.42. The van der Waals surface area contributed by atoms with Crippen LogP contribution in [0.15, 0.2) is 28.7 Å². The fourth-order valence-corrected chi connectivity index (χ4v) is 2.81. The van der Waals surface area contributed by atoms with Gasteiger partial charge in [0.05, 0.1) is 5.56 Å². The third-order valence-corrected chi connectivity index (χ3v) is 4.57. The lowest BCUT2D eigenvalue weighted by Gasteiger charge is -2.28. The van der Waals surface area contributed by atoms with Crippen LogP contribution >= 0.6 is 0 Å². The molecule has 1 heterocycles. The molecule has 0 unspecified atom stereocenters. The first-order chi connectivity index (χ1) is 14.8. The van der Waals surface area contributed by atoms with Gasteiger partial charge in [-0.2, -0.15) is 13.2 Å². The summed E-state index contributed by atoms with van der Waals surface area (Å²) in [7, 11) is 0. The maximum absolute atomic E-state index is 12.8. The molecule has 0 aliphatic heterocycles. The zero-order valence-corrected chi connectivity index (χ0v) is 18.2. The van der Waals surface area contributed by atoms with Crippen LogP contribution in [0.2, 0.25) is 0 Å². The standard InChI is InChI=1S/C21H26F3N3O5/c1-5-6-7-14(18(28)29)25-19(30)31-15(20(2,3)4)17-27-26-16(32-17)12-8-10-13(11-9-12)21(22,23)24/h8-11,14-15H,5-7H2,1-4H3,(H,25,30)(H,28,29)/t14-,15+/m0/s1. The highest BCUT2D eigenvalue weighted by atomic mass is 19.4. The summed E-state index contributed by atoms with van der Waals surface area (Å²) in [6.07, 6.45) is -4.83. The second-order valence-electron chi connectivity index (χ2n) is 8.35. The summed E-state index contributed by atoms with van der Waals surface area (Å²) in [6, 6.07) is 3.09. The number of carbonyl (C=O) groups excluding carboxylic acids is 1. The highest BCUT2D eigenvalue weighted by Crippen LogP contribution is 2.37. The summed E-state index contributed by atoms with van der Waals surface area (Å²) in [5.74, 6) is -1.29. The number of hydrogen-bond donors (Lipinski definition) is 2. The number of aromatic nitrogens is 2. The number of amides is 1. The van der Waals surface area contributed by atoms with E-state index in [1.54, 1.807) is 20.8 Å². The number of aliphatic carboxylic acids is 1. The molecule has 2 rings (SSSR count). The number of rotatable bonds is 8. The Morgan fingerprint density at radius 3 is 2.28 bits per heavy atom. The molecule has 2 aromatic rings. The molecule has 8 nitrogen and oxygen atoms in total. The number of hydrogen-bond acceptors (Lipinski definition) is 6. The summed E-state index contributed by atoms with van der Waals surface area (Å²) in [4.78, 5) is 23.7. The maximum Gasteiger partial charge on any atom is 0.416 e. The maximum atomic E-state index is 12.8. The molecule has 11 heteroatoms. The predicted octanol–water partition coefficient (Wildman–Crippen LogP) is 5.21. The van der Waals surface area contributed by atoms with Crippen molar-refractivity contribution in [2.24, 2.45) is 5.41 Å². The zero-order valence-electron chi connectivity index (χ0n) is 18.2. The molecule has 2 atom stereocenters. The third-order valence-electron chi connectivity index (χ3n) is 4.57. The Labute approximate surface area is 183 Å². The molecule has 0 saturated carbocycles. The van der Waals surface area contributed by atoms with Crippen LogP contribution in [0, 0.1) is 5.41 Å². The molecule has 1 amide bonds. The van der Waals surface area contributed by atoms with Gasteiger partial charge >= 0.3 is 18.2 Å². The number of nitrogens with one attached hydrogen (secondary N) is 1. The molecule has 0 saturated heterocycles. The highest BCUT2D eigenvalue weighted by molar-refractivity contribution is 5.79. The van der Waals surface area contributed by atoms with E-state index in [9.17, 15) is 27.9 Å². The topological polar surface area (TPSA) is 115 Å². The van der Waals surface area contributed by atoms with Gasteiger partial charge in [-0.15, -0.1) is 10.2 Å². The average Bonchev–Trinajstić information content (AvgIpc) is 3.17. The summed E-state index contributed by atoms with van der Waals surface area (Å²) in [6.45, 7) is 7.15. The number of nitrogens with zero attached hydrogens (tertiary/aromatic N) is 2. The fourth-order valence-electron chi connectivity index (χ4n) is 2.81. The number of unbranched alkanes of at least 4 members (excludes halogenated alkanes) is 1. The van der Waals surface area contributed by atoms with Crippen molar-refractivity contribution >= 4 is 12.1 Å². The second-order valence-corrected chi connectivity index (χ2v) is 8.35. The minimum absolute atomic E-state index is 0.0432. The number of benzene rings is 1. The first-order valence-electron chi connectivity index (χ1n) is 10.0. The van der Waals surface area contributed by atoms with Gasteiger partial charge in [0, 0.05) is 11.0 Å². The van der Waals surface area contributed by atoms with Gasteiger partial charge < -0.3 is 19.6 Å². The van der Waals surface area contributed by atoms with E-state index in [2.05, 4.69) is 15.5 Å². The number of alkyl carbamates (subject to hydrolysis) is 1. The molecular formula is C21H26F3N3O5. The zero-order chi connectivity index (χ0) is 24.1. The summed E-state index contributed by atoms with van der Waals surface area (Å²) in [5, 5.41) is 19.3. The Balaban J connectivity index is 2.20. The molecule has 1 aromatic carbocycles. The van der Waals surface area contributed by atoms with Crippen LogP contribution in [0.5, 0.6) is 0 Å². The average molecular weight is 457 g/mol. The molecule has 0 radical (unpaired) electrons. The van der Waals surface area contributed by atoms with Crippen molar-refractivity contribution < 1.29 is 37.0 Å². The molecular weight excluding hydrogens is 431 g/mol. The van der Waals surface area contributed by atoms with E-state index in [-0.39, 0.29) is 23.8 Å². The van der Waals surface area contributed by atoms with Crippen molar-refractivity contribution in [2.75, 3.05) is 0 Å². The van der Waals surface area contributed by atoms with Crippen LogP contribution in [0.4, 0.5) is 18.0 Å². The Bertz CT molecular complexity index is 920. The number of halogens is 3. The van der Waals surface area contributed by atoms with E-state index < -0.39 is 41.4 Å². The normalized spacial score (nSPS) is 14.0. The van der Waals surface area contributed by atoms with Gasteiger partial charge in [-0.25, -0.2) is 9.59 Å². The van der Waals surface area contributed by atoms with Gasteiger partial charge in [-0.1, -0.05) is 40.5 Å². The van der Waals surface area contributed by atoms with Crippen molar-refractivity contribution in [3.8, 4) is 11.5 Å². The third kappa shape index (κ3) is 6.69. The van der Waals surface area contributed by atoms with Crippen molar-refractivity contribution in [1.29, 1.82) is 0 Å². The van der Waals surface area contributed by atoms with Crippen LogP contribution in [0.3, 0.4) is 0 Å². The van der Waals surface area contributed by atoms with Gasteiger partial charge in [0.15, 0.2) is 6.10 Å². The number of ether oxygens (including phenoxy) is 1. The smallest absolute Gasteiger partial charge is 0.416 e. The van der Waals surface area contributed by atoms with Crippen LogP contribution in [-0.2, 0) is 15.7 Å². The first-order valence-corrected chi connectivity index (χ1v) is 10.0. The monoisotopic (exact) mass is 457 g/mol. The molecule has 32 heavy (non-hydrogen) atoms. The number of carbonyl (C=O) groups is 2. The Morgan fingerprint density at radius 1 is 1.16 bits per heavy atom. The minimum Gasteiger partial charge on any atom is -0.480 e. The molecule has 0 bridgehead atoms. The Morgan fingerprint density at radius 2 is 1.78 bits per heavy atom. The fraction of sp³-hybridized carbons (Fsp3) is 0.524. The van der Waals surface area contributed by atoms with Crippen molar-refractivity contribution in [1.82, 2.24) is 15.5 Å². The van der Waals surface area contributed by atoms with Crippen LogP contribution < -0.4 is 5.32 Å². The van der Waals surface area contributed by atoms with E-state index in [0.717, 1.165) is 18.6 Å². The van der Waals surface area contributed by atoms with E-state index >= 15 is 0 Å². The number of carboxylic acid groups (broad SMARTS) is 1. The van der Waals surface area contributed by atoms with Crippen LogP contribution in [-0.4, -0.2) is 33.4 Å². The quantitative estimate of drug-likeness (QED) is 0.559. The highest BCUT2D eigenvalue weighted by Gasteiger charge is 2.36. The largest absolute Gasteiger partial charge is 0.480 e. The Kier molecular flexibility index (Phi) is 7.87. The molecule has 1 aromatic heterocycles. The van der Waals surface area contributed by atoms with Gasteiger partial charge in [0.2, 0.25) is 5.89 Å². The lowest BCUT2D eigenvalue weighted by molar-refractivity contribution is -0.140. The SMILES string of the molecule is CCCC[C@H](NC(=O)O[C@H](c1nnc(-c2ccc(C(F)(F)F)cc2)o1)C(C)(C)C)C(=O)O. The predicted molar refractivity (Wildman–Crippen MR) is 107 cm³/mol. The van der Waals surface area contributed by atoms with Crippen molar-refractivity contribution in [2.45, 2.75) is 65.3 Å². The second kappa shape index (κ2) is 10.0. The summed E-state index contributed by atoms with van der Waals surface area (Å²) >= 11 is 0. The lowest BCUT2D eigenvalue weighted by atomic mass is 9.89. The van der Waals surface area contributed by atoms with Crippen molar-refractivity contribution in [3.63, 3.8) is 0 Å². The van der Waals surface area contributed by atoms with Gasteiger partial charge in [-0.3, -0.25) is 0 Å². The molecule has 0 fully saturated rings. The van der Waals surface area contributed by atoms with Crippen LogP contribution in [0.1, 0.15) is 64.5 Å². The molecule has 0 aliphatic rings. The molecule has 0 aliphatic carbocycles. The molecule has 2 N–H and O–H groups in total. The minimum atomic E-state index is -4.47. The van der Waals surface area contributed by atoms with E-state index in [4.69, 9.17) is 9.15 Å². The number of alkyl halides is 3. The van der Waals surface area contributed by atoms with E-state index in [1.807, 2.05) is 6.92 Å². The number of carboxylic acids is 1. The van der Waals surface area contributed by atoms with Crippen molar-refractivity contribution in [3.05, 3.63) is 35.7 Å². The summed E-state index contributed by atoms with van der Waals surface area (Å²) in [5.41, 5.74) is -1.26. The molecule has 176 valence electrons.